The van der Waals surface area contributed by atoms with Crippen molar-refractivity contribution in [2.75, 3.05) is 7.11 Å². The van der Waals surface area contributed by atoms with E-state index in [1.807, 2.05) is 12.2 Å². The van der Waals surface area contributed by atoms with Gasteiger partial charge in [0.1, 0.15) is 0 Å². The molecule has 1 aromatic carbocycles. The van der Waals surface area contributed by atoms with Gasteiger partial charge < -0.3 is 4.74 Å². The Labute approximate surface area is 111 Å². The van der Waals surface area contributed by atoms with E-state index < -0.39 is 0 Å². The zero-order valence-electron chi connectivity index (χ0n) is 9.58. The number of methoxy groups -OCH3 is 1. The third-order valence-corrected chi connectivity index (χ3v) is 2.92. The molecule has 0 bridgehead atoms. The first-order valence-corrected chi connectivity index (χ1v) is 6.08. The summed E-state index contributed by atoms with van der Waals surface area (Å²) >= 11 is 12.0. The second-order valence-electron chi connectivity index (χ2n) is 3.51. The lowest BCUT2D eigenvalue weighted by molar-refractivity contribution is -0.140. The summed E-state index contributed by atoms with van der Waals surface area (Å²) in [6, 6.07) is 5.39. The normalized spacial score (nSPS) is 10.8. The van der Waals surface area contributed by atoms with Gasteiger partial charge in [0.05, 0.1) is 7.11 Å². The largest absolute Gasteiger partial charge is 0.469 e. The average Bonchev–Trinajstić information content (AvgIpc) is 2.31. The van der Waals surface area contributed by atoms with Gasteiger partial charge in [-0.05, 0) is 25.0 Å². The summed E-state index contributed by atoms with van der Waals surface area (Å²) in [5.41, 5.74) is 0.814. The topological polar surface area (TPSA) is 26.3 Å². The summed E-state index contributed by atoms with van der Waals surface area (Å²) in [4.78, 5) is 10.9. The van der Waals surface area contributed by atoms with Crippen LogP contribution in [-0.2, 0) is 9.53 Å². The van der Waals surface area contributed by atoms with Crippen molar-refractivity contribution in [3.63, 3.8) is 0 Å². The fraction of sp³-hybridized carbons (Fsp3) is 0.308. The molecule has 0 amide bonds. The van der Waals surface area contributed by atoms with Crippen molar-refractivity contribution in [3.05, 3.63) is 39.9 Å². The molecule has 0 spiro atoms. The second-order valence-corrected chi connectivity index (χ2v) is 4.32. The predicted octanol–water partition coefficient (Wildman–Crippen LogP) is 4.35. The minimum absolute atomic E-state index is 0.186. The maximum Gasteiger partial charge on any atom is 0.305 e. The van der Waals surface area contributed by atoms with Crippen molar-refractivity contribution in [1.82, 2.24) is 0 Å². The third kappa shape index (κ3) is 4.80. The van der Waals surface area contributed by atoms with Crippen LogP contribution in [0.3, 0.4) is 0 Å². The van der Waals surface area contributed by atoms with Crippen LogP contribution in [0.5, 0.6) is 0 Å². The molecule has 2 nitrogen and oxygen atoms in total. The Bertz CT molecular complexity index is 394. The molecule has 0 saturated carbocycles. The molecule has 4 heteroatoms. The molecular formula is C13H14Cl2O2. The molecule has 0 unspecified atom stereocenters. The Hall–Kier alpha value is -0.990. The van der Waals surface area contributed by atoms with E-state index in [2.05, 4.69) is 4.74 Å². The highest BCUT2D eigenvalue weighted by atomic mass is 35.5. The van der Waals surface area contributed by atoms with Crippen LogP contribution >= 0.6 is 23.2 Å². The van der Waals surface area contributed by atoms with Crippen LogP contribution in [-0.4, -0.2) is 13.1 Å². The Morgan fingerprint density at radius 1 is 1.35 bits per heavy atom. The third-order valence-electron chi connectivity index (χ3n) is 2.26. The molecule has 0 aromatic heterocycles. The van der Waals surface area contributed by atoms with Crippen LogP contribution in [0.4, 0.5) is 0 Å². The van der Waals surface area contributed by atoms with Gasteiger partial charge in [0.25, 0.3) is 0 Å². The average molecular weight is 273 g/mol. The van der Waals surface area contributed by atoms with Crippen LogP contribution in [0.1, 0.15) is 24.8 Å². The van der Waals surface area contributed by atoms with Crippen LogP contribution in [0, 0.1) is 0 Å². The SMILES string of the molecule is COC(=O)CCC/C=C/c1c(Cl)cccc1Cl. The first kappa shape index (κ1) is 14.1. The minimum Gasteiger partial charge on any atom is -0.469 e. The van der Waals surface area contributed by atoms with Gasteiger partial charge in [-0.2, -0.15) is 0 Å². The van der Waals surface area contributed by atoms with Crippen molar-refractivity contribution in [2.24, 2.45) is 0 Å². The Balaban J connectivity index is 2.46. The fourth-order valence-electron chi connectivity index (χ4n) is 1.34. The zero-order valence-corrected chi connectivity index (χ0v) is 11.1. The van der Waals surface area contributed by atoms with Gasteiger partial charge in [-0.3, -0.25) is 4.79 Å². The summed E-state index contributed by atoms with van der Waals surface area (Å²) in [6.07, 6.45) is 5.80. The fourth-order valence-corrected chi connectivity index (χ4v) is 1.86. The monoisotopic (exact) mass is 272 g/mol. The van der Waals surface area contributed by atoms with E-state index in [1.165, 1.54) is 7.11 Å². The van der Waals surface area contributed by atoms with E-state index in [0.717, 1.165) is 18.4 Å². The van der Waals surface area contributed by atoms with Gasteiger partial charge in [-0.25, -0.2) is 0 Å². The molecular weight excluding hydrogens is 259 g/mol. The zero-order chi connectivity index (χ0) is 12.7. The van der Waals surface area contributed by atoms with Gasteiger partial charge >= 0.3 is 5.97 Å². The molecule has 1 aromatic rings. The smallest absolute Gasteiger partial charge is 0.305 e. The number of halogens is 2. The van der Waals surface area contributed by atoms with Gasteiger partial charge in [0.15, 0.2) is 0 Å². The van der Waals surface area contributed by atoms with E-state index in [4.69, 9.17) is 23.2 Å². The molecule has 92 valence electrons. The van der Waals surface area contributed by atoms with E-state index in [1.54, 1.807) is 18.2 Å². The minimum atomic E-state index is -0.186. The van der Waals surface area contributed by atoms with Crippen LogP contribution in [0.25, 0.3) is 6.08 Å². The van der Waals surface area contributed by atoms with Crippen molar-refractivity contribution in [1.29, 1.82) is 0 Å². The van der Waals surface area contributed by atoms with Crippen LogP contribution in [0.15, 0.2) is 24.3 Å². The summed E-state index contributed by atoms with van der Waals surface area (Å²) in [7, 11) is 1.39. The van der Waals surface area contributed by atoms with Gasteiger partial charge in [0, 0.05) is 22.0 Å². The lowest BCUT2D eigenvalue weighted by Gasteiger charge is -2.00. The van der Waals surface area contributed by atoms with E-state index >= 15 is 0 Å². The highest BCUT2D eigenvalue weighted by molar-refractivity contribution is 6.37. The first-order valence-electron chi connectivity index (χ1n) is 5.32. The van der Waals surface area contributed by atoms with Crippen molar-refractivity contribution in [3.8, 4) is 0 Å². The van der Waals surface area contributed by atoms with Crippen molar-refractivity contribution >= 4 is 35.2 Å². The molecule has 0 atom stereocenters. The number of ether oxygens (including phenoxy) is 1. The van der Waals surface area contributed by atoms with E-state index in [0.29, 0.717) is 16.5 Å². The number of hydrogen-bond donors (Lipinski definition) is 0. The number of carbonyl (C=O) groups excluding carboxylic acids is 1. The maximum absolute atomic E-state index is 10.9. The molecule has 17 heavy (non-hydrogen) atoms. The molecule has 0 radical (unpaired) electrons. The lowest BCUT2D eigenvalue weighted by atomic mass is 10.1. The van der Waals surface area contributed by atoms with E-state index in [9.17, 15) is 4.79 Å². The second kappa shape index (κ2) is 7.36. The Kier molecular flexibility index (Phi) is 6.09. The predicted molar refractivity (Wildman–Crippen MR) is 71.4 cm³/mol. The van der Waals surface area contributed by atoms with Crippen molar-refractivity contribution in [2.45, 2.75) is 19.3 Å². The highest BCUT2D eigenvalue weighted by Crippen LogP contribution is 2.25. The van der Waals surface area contributed by atoms with Crippen LogP contribution < -0.4 is 0 Å². The molecule has 1 rings (SSSR count). The molecule has 0 aliphatic heterocycles. The van der Waals surface area contributed by atoms with Gasteiger partial charge in [-0.15, -0.1) is 0 Å². The molecule has 0 heterocycles. The number of benzene rings is 1. The number of allylic oxidation sites excluding steroid dienone is 1. The van der Waals surface area contributed by atoms with E-state index in [-0.39, 0.29) is 5.97 Å². The summed E-state index contributed by atoms with van der Waals surface area (Å²) in [5.74, 6) is -0.186. The summed E-state index contributed by atoms with van der Waals surface area (Å²) in [5, 5.41) is 1.25. The first-order chi connectivity index (χ1) is 8.15. The van der Waals surface area contributed by atoms with Crippen molar-refractivity contribution < 1.29 is 9.53 Å². The van der Waals surface area contributed by atoms with Gasteiger partial charge in [-0.1, -0.05) is 41.4 Å². The number of rotatable bonds is 5. The quantitative estimate of drug-likeness (QED) is 0.589. The number of esters is 1. The summed E-state index contributed by atoms with van der Waals surface area (Å²) in [6.45, 7) is 0. The number of hydrogen-bond acceptors (Lipinski definition) is 2. The number of carbonyl (C=O) groups is 1. The molecule has 0 aliphatic carbocycles. The molecule has 0 fully saturated rings. The molecule has 0 N–H and O–H groups in total. The number of unbranched alkanes of at least 4 members (excludes halogenated alkanes) is 1. The Morgan fingerprint density at radius 3 is 2.59 bits per heavy atom. The standard InChI is InChI=1S/C13H14Cl2O2/c1-17-13(16)9-4-2-3-6-10-11(14)7-5-8-12(10)15/h3,5-8H,2,4,9H2,1H3/b6-3+. The Morgan fingerprint density at radius 2 is 2.00 bits per heavy atom. The maximum atomic E-state index is 10.9. The summed E-state index contributed by atoms with van der Waals surface area (Å²) < 4.78 is 4.55. The highest BCUT2D eigenvalue weighted by Gasteiger charge is 2.01. The molecule has 0 aliphatic rings. The molecule has 0 saturated heterocycles. The van der Waals surface area contributed by atoms with Crippen LogP contribution in [0.2, 0.25) is 10.0 Å². The van der Waals surface area contributed by atoms with Gasteiger partial charge in [0.2, 0.25) is 0 Å². The lowest BCUT2D eigenvalue weighted by Crippen LogP contribution is -1.98.